The van der Waals surface area contributed by atoms with Gasteiger partial charge in [0.15, 0.2) is 0 Å². The first-order valence-electron chi connectivity index (χ1n) is 11.0. The summed E-state index contributed by atoms with van der Waals surface area (Å²) in [4.78, 5) is 18.6. The molecule has 3 aromatic rings. The van der Waals surface area contributed by atoms with Crippen molar-refractivity contribution in [1.82, 2.24) is 9.80 Å². The molecule has 3 rings (SSSR count). The second-order valence-corrected chi connectivity index (χ2v) is 8.65. The van der Waals surface area contributed by atoms with E-state index in [0.29, 0.717) is 0 Å². The molecular formula is C28H35BrN2O. The van der Waals surface area contributed by atoms with Gasteiger partial charge in [0.25, 0.3) is 0 Å². The third kappa shape index (κ3) is 5.87. The third-order valence-corrected chi connectivity index (χ3v) is 6.04. The van der Waals surface area contributed by atoms with E-state index in [4.69, 9.17) is 0 Å². The van der Waals surface area contributed by atoms with Gasteiger partial charge in [-0.25, -0.2) is 0 Å². The first kappa shape index (κ1) is 25.8. The van der Waals surface area contributed by atoms with Crippen LogP contribution < -0.4 is 0 Å². The Kier molecular flexibility index (Phi) is 9.67. The summed E-state index contributed by atoms with van der Waals surface area (Å²) in [6, 6.07) is 30.8. The van der Waals surface area contributed by atoms with Crippen LogP contribution in [0.3, 0.4) is 0 Å². The third-order valence-electron chi connectivity index (χ3n) is 6.04. The summed E-state index contributed by atoms with van der Waals surface area (Å²) in [5.41, 5.74) is 3.20. The van der Waals surface area contributed by atoms with Gasteiger partial charge in [0.05, 0.1) is 12.0 Å². The van der Waals surface area contributed by atoms with Gasteiger partial charge in [0, 0.05) is 12.1 Å². The monoisotopic (exact) mass is 494 g/mol. The number of benzene rings is 3. The maximum Gasteiger partial charge on any atom is 0.235 e. The lowest BCUT2D eigenvalue weighted by molar-refractivity contribution is -0.138. The molecule has 0 heterocycles. The average Bonchev–Trinajstić information content (AvgIpc) is 2.78. The van der Waals surface area contributed by atoms with Gasteiger partial charge in [-0.05, 0) is 51.6 Å². The SMILES string of the molecule is Br.CC(C(c1ccccc1)N(C(=O)C(c1ccccc1)c1ccccc1)C(C)C)N(C)C. The lowest BCUT2D eigenvalue weighted by Crippen LogP contribution is -2.49. The van der Waals surface area contributed by atoms with Crippen molar-refractivity contribution >= 4 is 22.9 Å². The fraction of sp³-hybridized carbons (Fsp3) is 0.321. The van der Waals surface area contributed by atoms with Crippen molar-refractivity contribution in [2.24, 2.45) is 0 Å². The fourth-order valence-electron chi connectivity index (χ4n) is 4.23. The number of rotatable bonds is 8. The Morgan fingerprint density at radius 2 is 1.03 bits per heavy atom. The van der Waals surface area contributed by atoms with Crippen molar-refractivity contribution in [3.05, 3.63) is 108 Å². The molecule has 0 aliphatic carbocycles. The maximum atomic E-state index is 14.3. The summed E-state index contributed by atoms with van der Waals surface area (Å²) in [7, 11) is 4.16. The van der Waals surface area contributed by atoms with Crippen LogP contribution in [0.1, 0.15) is 49.4 Å². The van der Waals surface area contributed by atoms with E-state index in [2.05, 4.69) is 93.2 Å². The van der Waals surface area contributed by atoms with Crippen LogP contribution in [0.5, 0.6) is 0 Å². The van der Waals surface area contributed by atoms with Gasteiger partial charge in [0.1, 0.15) is 0 Å². The predicted molar refractivity (Wildman–Crippen MR) is 139 cm³/mol. The molecule has 0 N–H and O–H groups in total. The molecule has 0 spiro atoms. The minimum Gasteiger partial charge on any atom is -0.331 e. The van der Waals surface area contributed by atoms with Crippen molar-refractivity contribution in [3.8, 4) is 0 Å². The molecule has 0 aliphatic heterocycles. The molecular weight excluding hydrogens is 460 g/mol. The van der Waals surface area contributed by atoms with Crippen LogP contribution >= 0.6 is 17.0 Å². The van der Waals surface area contributed by atoms with E-state index in [9.17, 15) is 4.79 Å². The number of nitrogens with zero attached hydrogens (tertiary/aromatic N) is 2. The molecule has 0 saturated carbocycles. The number of carbonyl (C=O) groups excluding carboxylic acids is 1. The van der Waals surface area contributed by atoms with E-state index in [1.54, 1.807) is 0 Å². The maximum absolute atomic E-state index is 14.3. The minimum atomic E-state index is -0.342. The number of amides is 1. The number of hydrogen-bond acceptors (Lipinski definition) is 2. The largest absolute Gasteiger partial charge is 0.331 e. The van der Waals surface area contributed by atoms with Crippen LogP contribution in [0.4, 0.5) is 0 Å². The quantitative estimate of drug-likeness (QED) is 0.365. The molecule has 2 unspecified atom stereocenters. The van der Waals surface area contributed by atoms with E-state index in [0.717, 1.165) is 16.7 Å². The van der Waals surface area contributed by atoms with Crippen LogP contribution in [0.25, 0.3) is 0 Å². The molecule has 2 atom stereocenters. The van der Waals surface area contributed by atoms with E-state index in [1.807, 2.05) is 42.5 Å². The van der Waals surface area contributed by atoms with Crippen LogP contribution in [0.2, 0.25) is 0 Å². The summed E-state index contributed by atoms with van der Waals surface area (Å²) in [5, 5.41) is 0. The highest BCUT2D eigenvalue weighted by atomic mass is 79.9. The van der Waals surface area contributed by atoms with Crippen molar-refractivity contribution < 1.29 is 4.79 Å². The van der Waals surface area contributed by atoms with E-state index in [1.165, 1.54) is 0 Å². The van der Waals surface area contributed by atoms with Gasteiger partial charge in [-0.1, -0.05) is 91.0 Å². The topological polar surface area (TPSA) is 23.6 Å². The normalized spacial score (nSPS) is 13.0. The molecule has 3 nitrogen and oxygen atoms in total. The summed E-state index contributed by atoms with van der Waals surface area (Å²) in [6.45, 7) is 6.42. The molecule has 32 heavy (non-hydrogen) atoms. The van der Waals surface area contributed by atoms with Crippen molar-refractivity contribution in [1.29, 1.82) is 0 Å². The average molecular weight is 496 g/mol. The summed E-state index contributed by atoms with van der Waals surface area (Å²) >= 11 is 0. The Hall–Kier alpha value is -2.43. The fourth-order valence-corrected chi connectivity index (χ4v) is 4.23. The molecule has 0 aliphatic rings. The number of halogens is 1. The molecule has 4 heteroatoms. The van der Waals surface area contributed by atoms with Crippen molar-refractivity contribution in [2.45, 2.75) is 44.8 Å². The lowest BCUT2D eigenvalue weighted by atomic mass is 9.87. The Bertz CT molecular complexity index is 905. The standard InChI is InChI=1S/C28H34N2O.BrH/c1-21(2)30(27(22(3)29(4)5)25-19-13-8-14-20-25)28(31)26(23-15-9-6-10-16-23)24-17-11-7-12-18-24;/h6-22,26-27H,1-5H3;1H. The van der Waals surface area contributed by atoms with E-state index in [-0.39, 0.29) is 46.9 Å². The van der Waals surface area contributed by atoms with Crippen LogP contribution in [-0.4, -0.2) is 41.9 Å². The highest BCUT2D eigenvalue weighted by molar-refractivity contribution is 8.93. The van der Waals surface area contributed by atoms with Crippen molar-refractivity contribution in [2.75, 3.05) is 14.1 Å². The van der Waals surface area contributed by atoms with Gasteiger partial charge in [-0.15, -0.1) is 17.0 Å². The van der Waals surface area contributed by atoms with Crippen LogP contribution in [0, 0.1) is 0 Å². The first-order valence-corrected chi connectivity index (χ1v) is 11.0. The summed E-state index contributed by atoms with van der Waals surface area (Å²) in [5.74, 6) is -0.208. The zero-order chi connectivity index (χ0) is 22.4. The molecule has 0 radical (unpaired) electrons. The van der Waals surface area contributed by atoms with Crippen molar-refractivity contribution in [3.63, 3.8) is 0 Å². The van der Waals surface area contributed by atoms with Gasteiger partial charge >= 0.3 is 0 Å². The second kappa shape index (κ2) is 12.0. The Morgan fingerprint density at radius 1 is 0.656 bits per heavy atom. The molecule has 0 saturated heterocycles. The smallest absolute Gasteiger partial charge is 0.235 e. The van der Waals surface area contributed by atoms with Gasteiger partial charge < -0.3 is 9.80 Å². The highest BCUT2D eigenvalue weighted by Gasteiger charge is 2.37. The number of likely N-dealkylation sites (N-methyl/N-ethyl adjacent to an activating group) is 1. The lowest BCUT2D eigenvalue weighted by Gasteiger charge is -2.42. The van der Waals surface area contributed by atoms with Gasteiger partial charge in [-0.2, -0.15) is 0 Å². The molecule has 3 aromatic carbocycles. The Labute approximate surface area is 203 Å². The zero-order valence-corrected chi connectivity index (χ0v) is 21.4. The highest BCUT2D eigenvalue weighted by Crippen LogP contribution is 2.35. The molecule has 1 amide bonds. The minimum absolute atomic E-state index is 0. The second-order valence-electron chi connectivity index (χ2n) is 8.65. The molecule has 0 bridgehead atoms. The Morgan fingerprint density at radius 3 is 1.38 bits per heavy atom. The van der Waals surface area contributed by atoms with Gasteiger partial charge in [0.2, 0.25) is 5.91 Å². The van der Waals surface area contributed by atoms with E-state index < -0.39 is 0 Å². The zero-order valence-electron chi connectivity index (χ0n) is 19.7. The van der Waals surface area contributed by atoms with E-state index >= 15 is 0 Å². The summed E-state index contributed by atoms with van der Waals surface area (Å²) < 4.78 is 0. The van der Waals surface area contributed by atoms with Gasteiger partial charge in [-0.3, -0.25) is 4.79 Å². The summed E-state index contributed by atoms with van der Waals surface area (Å²) in [6.07, 6.45) is 0. The predicted octanol–water partition coefficient (Wildman–Crippen LogP) is 6.32. The molecule has 170 valence electrons. The number of carbonyl (C=O) groups is 1. The molecule has 0 aromatic heterocycles. The number of hydrogen-bond donors (Lipinski definition) is 0. The first-order chi connectivity index (χ1) is 14.9. The molecule has 0 fully saturated rings. The van der Waals surface area contributed by atoms with Crippen LogP contribution in [0.15, 0.2) is 91.0 Å². The van der Waals surface area contributed by atoms with Crippen LogP contribution in [-0.2, 0) is 4.79 Å². The Balaban J connectivity index is 0.00000363.